The fourth-order valence-electron chi connectivity index (χ4n) is 4.01. The van der Waals surface area contributed by atoms with Gasteiger partial charge < -0.3 is 9.30 Å². The minimum atomic E-state index is 0.936. The maximum Gasteiger partial charge on any atom is 0.119 e. The Balaban J connectivity index is 2.51. The van der Waals surface area contributed by atoms with Gasteiger partial charge >= 0.3 is 0 Å². The summed E-state index contributed by atoms with van der Waals surface area (Å²) in [6.07, 6.45) is 3.63. The molecule has 0 radical (unpaired) electrons. The van der Waals surface area contributed by atoms with E-state index in [1.165, 1.54) is 56.9 Å². The van der Waals surface area contributed by atoms with E-state index < -0.39 is 0 Å². The van der Waals surface area contributed by atoms with Gasteiger partial charge in [0, 0.05) is 22.8 Å². The Bertz CT molecular complexity index is 902. The van der Waals surface area contributed by atoms with Crippen LogP contribution in [0.1, 0.15) is 48.9 Å². The number of methoxy groups -OCH3 is 1. The van der Waals surface area contributed by atoms with Gasteiger partial charge in [0.1, 0.15) is 5.75 Å². The summed E-state index contributed by atoms with van der Waals surface area (Å²) in [7, 11) is 1.75. The highest BCUT2D eigenvalue weighted by Gasteiger charge is 2.19. The summed E-state index contributed by atoms with van der Waals surface area (Å²) in [6, 6.07) is 6.49. The maximum absolute atomic E-state index is 5.49. The van der Waals surface area contributed by atoms with Crippen LogP contribution in [0.4, 0.5) is 0 Å². The molecule has 128 valence electrons. The third-order valence-corrected chi connectivity index (χ3v) is 5.61. The molecule has 0 aliphatic carbocycles. The molecule has 0 aliphatic rings. The third kappa shape index (κ3) is 2.40. The van der Waals surface area contributed by atoms with Gasteiger partial charge in [-0.1, -0.05) is 13.3 Å². The van der Waals surface area contributed by atoms with Gasteiger partial charge in [-0.05, 0) is 81.0 Å². The molecular formula is C22H29NO. The van der Waals surface area contributed by atoms with Gasteiger partial charge in [-0.2, -0.15) is 0 Å². The number of aryl methyl sites for hydroxylation is 3. The molecule has 24 heavy (non-hydrogen) atoms. The molecule has 3 rings (SSSR count). The maximum atomic E-state index is 5.49. The zero-order valence-electron chi connectivity index (χ0n) is 15.9. The topological polar surface area (TPSA) is 14.2 Å². The fourth-order valence-corrected chi connectivity index (χ4v) is 4.01. The molecule has 1 aromatic heterocycles. The van der Waals surface area contributed by atoms with Crippen molar-refractivity contribution in [2.24, 2.45) is 0 Å². The van der Waals surface area contributed by atoms with Crippen LogP contribution in [-0.4, -0.2) is 11.7 Å². The van der Waals surface area contributed by atoms with Crippen LogP contribution in [0, 0.1) is 20.8 Å². The van der Waals surface area contributed by atoms with Crippen molar-refractivity contribution >= 4 is 21.8 Å². The predicted octanol–water partition coefficient (Wildman–Crippen LogP) is 6.09. The van der Waals surface area contributed by atoms with Crippen LogP contribution < -0.4 is 4.74 Å². The van der Waals surface area contributed by atoms with Gasteiger partial charge in [0.05, 0.1) is 12.6 Å². The lowest BCUT2D eigenvalue weighted by Gasteiger charge is -2.16. The molecule has 0 saturated heterocycles. The minimum absolute atomic E-state index is 0.936. The molecule has 0 bridgehead atoms. The first-order valence-electron chi connectivity index (χ1n) is 9.13. The summed E-state index contributed by atoms with van der Waals surface area (Å²) in [5.41, 5.74) is 8.61. The molecule has 0 N–H and O–H groups in total. The van der Waals surface area contributed by atoms with Crippen molar-refractivity contribution in [1.82, 2.24) is 4.57 Å². The Hall–Kier alpha value is -1.96. The van der Waals surface area contributed by atoms with Gasteiger partial charge in [0.25, 0.3) is 0 Å². The molecular weight excluding hydrogens is 294 g/mol. The molecule has 3 aromatic rings. The van der Waals surface area contributed by atoms with Crippen LogP contribution in [0.25, 0.3) is 21.8 Å². The van der Waals surface area contributed by atoms with E-state index in [1.807, 2.05) is 0 Å². The van der Waals surface area contributed by atoms with E-state index in [9.17, 15) is 0 Å². The Kier molecular flexibility index (Phi) is 4.58. The molecule has 1 heterocycles. The van der Waals surface area contributed by atoms with Gasteiger partial charge in [0.2, 0.25) is 0 Å². The van der Waals surface area contributed by atoms with Crippen LogP contribution in [0.5, 0.6) is 5.75 Å². The van der Waals surface area contributed by atoms with Crippen molar-refractivity contribution in [1.29, 1.82) is 0 Å². The van der Waals surface area contributed by atoms with Crippen molar-refractivity contribution in [3.63, 3.8) is 0 Å². The second kappa shape index (κ2) is 6.51. The first kappa shape index (κ1) is 16.9. The summed E-state index contributed by atoms with van der Waals surface area (Å²) in [6.45, 7) is 12.4. The van der Waals surface area contributed by atoms with E-state index in [2.05, 4.69) is 57.4 Å². The summed E-state index contributed by atoms with van der Waals surface area (Å²) < 4.78 is 7.99. The fraction of sp³-hybridized carbons (Fsp3) is 0.455. The number of unbranched alkanes of at least 4 members (excludes halogenated alkanes) is 1. The van der Waals surface area contributed by atoms with Crippen molar-refractivity contribution in [2.45, 2.75) is 60.4 Å². The monoisotopic (exact) mass is 323 g/mol. The van der Waals surface area contributed by atoms with Crippen LogP contribution in [0.3, 0.4) is 0 Å². The molecule has 2 aromatic carbocycles. The molecule has 0 amide bonds. The Labute approximate surface area is 145 Å². The highest BCUT2D eigenvalue weighted by molar-refractivity contribution is 6.12. The Morgan fingerprint density at radius 2 is 1.75 bits per heavy atom. The lowest BCUT2D eigenvalue weighted by Crippen LogP contribution is -2.02. The average Bonchev–Trinajstić information content (AvgIpc) is 2.93. The quantitative estimate of drug-likeness (QED) is 0.554. The molecule has 0 unspecified atom stereocenters. The van der Waals surface area contributed by atoms with Gasteiger partial charge in [0.15, 0.2) is 0 Å². The van der Waals surface area contributed by atoms with Crippen molar-refractivity contribution in [3.8, 4) is 5.75 Å². The largest absolute Gasteiger partial charge is 0.497 e. The summed E-state index contributed by atoms with van der Waals surface area (Å²) in [4.78, 5) is 0. The summed E-state index contributed by atoms with van der Waals surface area (Å²) in [5.74, 6) is 0.936. The zero-order valence-corrected chi connectivity index (χ0v) is 15.9. The van der Waals surface area contributed by atoms with Crippen LogP contribution in [0.15, 0.2) is 18.2 Å². The smallest absolute Gasteiger partial charge is 0.119 e. The Morgan fingerprint density at radius 1 is 1.00 bits per heavy atom. The molecule has 0 fully saturated rings. The van der Waals surface area contributed by atoms with Crippen LogP contribution >= 0.6 is 0 Å². The average molecular weight is 323 g/mol. The summed E-state index contributed by atoms with van der Waals surface area (Å²) in [5, 5.41) is 2.74. The lowest BCUT2D eigenvalue weighted by molar-refractivity contribution is 0.415. The SMILES string of the molecule is CCCCc1c(C)c(C)c(C)c2c3cc(OC)ccc3n(CC)c12. The zero-order chi connectivity index (χ0) is 17.4. The molecule has 0 spiro atoms. The van der Waals surface area contributed by atoms with E-state index in [0.29, 0.717) is 0 Å². The molecule has 0 saturated carbocycles. The number of nitrogens with zero attached hydrogens (tertiary/aromatic N) is 1. The van der Waals surface area contributed by atoms with E-state index in [-0.39, 0.29) is 0 Å². The van der Waals surface area contributed by atoms with Gasteiger partial charge in [-0.15, -0.1) is 0 Å². The predicted molar refractivity (Wildman–Crippen MR) is 104 cm³/mol. The first-order valence-corrected chi connectivity index (χ1v) is 9.13. The lowest BCUT2D eigenvalue weighted by atomic mass is 9.91. The van der Waals surface area contributed by atoms with E-state index in [0.717, 1.165) is 18.7 Å². The Morgan fingerprint density at radius 3 is 2.38 bits per heavy atom. The molecule has 2 heteroatoms. The van der Waals surface area contributed by atoms with Crippen molar-refractivity contribution in [2.75, 3.05) is 7.11 Å². The highest BCUT2D eigenvalue weighted by atomic mass is 16.5. The second-order valence-corrected chi connectivity index (χ2v) is 6.81. The minimum Gasteiger partial charge on any atom is -0.497 e. The van der Waals surface area contributed by atoms with Gasteiger partial charge in [-0.3, -0.25) is 0 Å². The summed E-state index contributed by atoms with van der Waals surface area (Å²) >= 11 is 0. The molecule has 0 aliphatic heterocycles. The second-order valence-electron chi connectivity index (χ2n) is 6.81. The normalized spacial score (nSPS) is 11.6. The number of fused-ring (bicyclic) bond motifs is 3. The first-order chi connectivity index (χ1) is 11.5. The number of hydrogen-bond donors (Lipinski definition) is 0. The number of ether oxygens (including phenoxy) is 1. The number of rotatable bonds is 5. The van der Waals surface area contributed by atoms with E-state index in [4.69, 9.17) is 4.74 Å². The number of aromatic nitrogens is 1. The molecule has 2 nitrogen and oxygen atoms in total. The van der Waals surface area contributed by atoms with Crippen LogP contribution in [-0.2, 0) is 13.0 Å². The number of hydrogen-bond acceptors (Lipinski definition) is 1. The standard InChI is InChI=1S/C22H29NO/c1-7-9-10-18-15(4)14(3)16(5)21-19-13-17(24-6)11-12-20(19)23(8-2)22(18)21/h11-13H,7-10H2,1-6H3. The highest BCUT2D eigenvalue weighted by Crippen LogP contribution is 2.39. The van der Waals surface area contributed by atoms with Crippen molar-refractivity contribution in [3.05, 3.63) is 40.5 Å². The van der Waals surface area contributed by atoms with E-state index >= 15 is 0 Å². The number of benzene rings is 2. The molecule has 0 atom stereocenters. The van der Waals surface area contributed by atoms with Gasteiger partial charge in [-0.25, -0.2) is 0 Å². The van der Waals surface area contributed by atoms with Crippen LogP contribution in [0.2, 0.25) is 0 Å². The van der Waals surface area contributed by atoms with E-state index in [1.54, 1.807) is 7.11 Å². The third-order valence-electron chi connectivity index (χ3n) is 5.61. The van der Waals surface area contributed by atoms with Crippen molar-refractivity contribution < 1.29 is 4.74 Å².